The molecule has 1 unspecified atom stereocenters. The fourth-order valence-electron chi connectivity index (χ4n) is 1.20. The highest BCUT2D eigenvalue weighted by atomic mass is 32.2. The maximum Gasteiger partial charge on any atom is 0.187 e. The molecule has 0 aliphatic heterocycles. The van der Waals surface area contributed by atoms with Crippen LogP contribution in [-0.4, -0.2) is 24.4 Å². The van der Waals surface area contributed by atoms with Gasteiger partial charge in [0.15, 0.2) is 5.82 Å². The molecule has 0 radical (unpaired) electrons. The summed E-state index contributed by atoms with van der Waals surface area (Å²) in [7, 11) is 0.506. The molecule has 0 saturated carbocycles. The minimum atomic E-state index is -1.16. The molecule has 0 aliphatic rings. The largest absolute Gasteiger partial charge is 0.399 e. The molecular formula is C9H11N5OS. The standard InChI is InChI=1S/C9H11N5OS/c1-14-12-9(11-13-14)6-16(15)8-4-2-7(10)3-5-8/h2-5H,6,10H2,1H3. The first kappa shape index (κ1) is 10.7. The highest BCUT2D eigenvalue weighted by Crippen LogP contribution is 2.12. The number of tetrazole rings is 1. The molecule has 2 aromatic rings. The van der Waals surface area contributed by atoms with Crippen LogP contribution in [0.15, 0.2) is 29.2 Å². The number of benzene rings is 1. The lowest BCUT2D eigenvalue weighted by atomic mass is 10.3. The Morgan fingerprint density at radius 3 is 2.62 bits per heavy atom. The van der Waals surface area contributed by atoms with Crippen molar-refractivity contribution in [1.29, 1.82) is 0 Å². The predicted molar refractivity (Wildman–Crippen MR) is 59.8 cm³/mol. The van der Waals surface area contributed by atoms with Gasteiger partial charge < -0.3 is 5.73 Å². The van der Waals surface area contributed by atoms with Gasteiger partial charge in [-0.3, -0.25) is 4.21 Å². The topological polar surface area (TPSA) is 86.7 Å². The maximum absolute atomic E-state index is 11.9. The molecular weight excluding hydrogens is 226 g/mol. The van der Waals surface area contributed by atoms with Crippen LogP contribution in [0.5, 0.6) is 0 Å². The summed E-state index contributed by atoms with van der Waals surface area (Å²) in [4.78, 5) is 2.05. The number of rotatable bonds is 3. The van der Waals surface area contributed by atoms with Crippen LogP contribution < -0.4 is 5.73 Å². The number of aryl methyl sites for hydroxylation is 1. The van der Waals surface area contributed by atoms with E-state index in [4.69, 9.17) is 5.73 Å². The zero-order valence-corrected chi connectivity index (χ0v) is 9.52. The van der Waals surface area contributed by atoms with E-state index in [9.17, 15) is 4.21 Å². The van der Waals surface area contributed by atoms with Gasteiger partial charge in [-0.2, -0.15) is 4.80 Å². The Balaban J connectivity index is 2.11. The molecule has 0 bridgehead atoms. The van der Waals surface area contributed by atoms with Gasteiger partial charge in [-0.1, -0.05) is 0 Å². The Morgan fingerprint density at radius 1 is 1.38 bits per heavy atom. The molecule has 1 heterocycles. The van der Waals surface area contributed by atoms with Gasteiger partial charge in [0.25, 0.3) is 0 Å². The normalized spacial score (nSPS) is 12.6. The second-order valence-electron chi connectivity index (χ2n) is 3.25. The summed E-state index contributed by atoms with van der Waals surface area (Å²) < 4.78 is 11.9. The third-order valence-electron chi connectivity index (χ3n) is 1.95. The lowest BCUT2D eigenvalue weighted by Crippen LogP contribution is -1.99. The molecule has 1 atom stereocenters. The fourth-order valence-corrected chi connectivity index (χ4v) is 2.16. The summed E-state index contributed by atoms with van der Waals surface area (Å²) in [5, 5.41) is 11.4. The van der Waals surface area contributed by atoms with Crippen molar-refractivity contribution in [2.24, 2.45) is 7.05 Å². The van der Waals surface area contributed by atoms with Crippen LogP contribution >= 0.6 is 0 Å². The van der Waals surface area contributed by atoms with Gasteiger partial charge in [0.1, 0.15) is 0 Å². The molecule has 1 aromatic heterocycles. The van der Waals surface area contributed by atoms with Gasteiger partial charge in [0, 0.05) is 10.6 Å². The second kappa shape index (κ2) is 4.40. The van der Waals surface area contributed by atoms with Crippen LogP contribution in [0.25, 0.3) is 0 Å². The summed E-state index contributed by atoms with van der Waals surface area (Å²) in [5.74, 6) is 0.732. The molecule has 7 heteroatoms. The van der Waals surface area contributed by atoms with Gasteiger partial charge in [0.05, 0.1) is 23.6 Å². The molecule has 0 fully saturated rings. The van der Waals surface area contributed by atoms with E-state index in [0.717, 1.165) is 0 Å². The zero-order valence-electron chi connectivity index (χ0n) is 8.70. The van der Waals surface area contributed by atoms with Crippen LogP contribution in [0, 0.1) is 0 Å². The van der Waals surface area contributed by atoms with Gasteiger partial charge in [-0.25, -0.2) is 0 Å². The molecule has 0 amide bonds. The number of aromatic nitrogens is 4. The molecule has 16 heavy (non-hydrogen) atoms. The van der Waals surface area contributed by atoms with Crippen molar-refractivity contribution in [3.63, 3.8) is 0 Å². The van der Waals surface area contributed by atoms with Crippen molar-refractivity contribution in [2.75, 3.05) is 5.73 Å². The van der Waals surface area contributed by atoms with Gasteiger partial charge >= 0.3 is 0 Å². The van der Waals surface area contributed by atoms with E-state index in [-0.39, 0.29) is 5.75 Å². The Morgan fingerprint density at radius 2 is 2.06 bits per heavy atom. The second-order valence-corrected chi connectivity index (χ2v) is 4.71. The third-order valence-corrected chi connectivity index (χ3v) is 3.27. The van der Waals surface area contributed by atoms with E-state index < -0.39 is 10.8 Å². The summed E-state index contributed by atoms with van der Waals surface area (Å²) in [5.41, 5.74) is 6.20. The number of nitrogen functional groups attached to an aromatic ring is 1. The van der Waals surface area contributed by atoms with Crippen molar-refractivity contribution in [1.82, 2.24) is 20.2 Å². The molecule has 0 aliphatic carbocycles. The first-order valence-corrected chi connectivity index (χ1v) is 5.94. The monoisotopic (exact) mass is 237 g/mol. The van der Waals surface area contributed by atoms with Crippen LogP contribution in [0.1, 0.15) is 5.82 Å². The highest BCUT2D eigenvalue weighted by molar-refractivity contribution is 7.84. The molecule has 0 saturated heterocycles. The highest BCUT2D eigenvalue weighted by Gasteiger charge is 2.08. The minimum Gasteiger partial charge on any atom is -0.399 e. The van der Waals surface area contributed by atoms with Crippen LogP contribution in [0.4, 0.5) is 5.69 Å². The molecule has 2 rings (SSSR count). The van der Waals surface area contributed by atoms with Crippen molar-refractivity contribution in [2.45, 2.75) is 10.6 Å². The van der Waals surface area contributed by atoms with Crippen LogP contribution in [0.3, 0.4) is 0 Å². The average molecular weight is 237 g/mol. The summed E-state index contributed by atoms with van der Waals surface area (Å²) in [6.45, 7) is 0. The van der Waals surface area contributed by atoms with Crippen molar-refractivity contribution < 1.29 is 4.21 Å². The number of hydrogen-bond acceptors (Lipinski definition) is 5. The molecule has 1 aromatic carbocycles. The average Bonchev–Trinajstić information content (AvgIpc) is 2.65. The number of hydrogen-bond donors (Lipinski definition) is 1. The van der Waals surface area contributed by atoms with Crippen LogP contribution in [-0.2, 0) is 23.6 Å². The molecule has 0 spiro atoms. The SMILES string of the molecule is Cn1nnc(CS(=O)c2ccc(N)cc2)n1. The van der Waals surface area contributed by atoms with E-state index in [0.29, 0.717) is 16.4 Å². The van der Waals surface area contributed by atoms with E-state index >= 15 is 0 Å². The van der Waals surface area contributed by atoms with E-state index in [1.165, 1.54) is 4.80 Å². The molecule has 6 nitrogen and oxygen atoms in total. The Labute approximate surface area is 94.9 Å². The lowest BCUT2D eigenvalue weighted by Gasteiger charge is -1.99. The quantitative estimate of drug-likeness (QED) is 0.765. The predicted octanol–water partition coefficient (Wildman–Crippen LogP) is 0.100. The lowest BCUT2D eigenvalue weighted by molar-refractivity contribution is 0.628. The Kier molecular flexibility index (Phi) is 2.95. The van der Waals surface area contributed by atoms with Gasteiger partial charge in [-0.15, -0.1) is 10.2 Å². The van der Waals surface area contributed by atoms with Gasteiger partial charge in [0.2, 0.25) is 0 Å². The molecule has 84 valence electrons. The number of anilines is 1. The van der Waals surface area contributed by atoms with Gasteiger partial charge in [-0.05, 0) is 29.5 Å². The summed E-state index contributed by atoms with van der Waals surface area (Å²) in [6.07, 6.45) is 0. The number of nitrogens with zero attached hydrogens (tertiary/aromatic N) is 4. The molecule has 2 N–H and O–H groups in total. The fraction of sp³-hybridized carbons (Fsp3) is 0.222. The van der Waals surface area contributed by atoms with Crippen LogP contribution in [0.2, 0.25) is 0 Å². The van der Waals surface area contributed by atoms with E-state index in [1.54, 1.807) is 31.3 Å². The smallest absolute Gasteiger partial charge is 0.187 e. The first-order valence-electron chi connectivity index (χ1n) is 4.62. The third kappa shape index (κ3) is 2.43. The number of nitrogens with two attached hydrogens (primary N) is 1. The Hall–Kier alpha value is -1.76. The summed E-state index contributed by atoms with van der Waals surface area (Å²) >= 11 is 0. The zero-order chi connectivity index (χ0) is 11.5. The summed E-state index contributed by atoms with van der Waals surface area (Å²) in [6, 6.07) is 6.91. The van der Waals surface area contributed by atoms with E-state index in [1.807, 2.05) is 0 Å². The van der Waals surface area contributed by atoms with Crippen molar-refractivity contribution in [3.05, 3.63) is 30.1 Å². The maximum atomic E-state index is 11.9. The van der Waals surface area contributed by atoms with E-state index in [2.05, 4.69) is 15.4 Å². The van der Waals surface area contributed by atoms with Crippen molar-refractivity contribution in [3.8, 4) is 0 Å². The Bertz CT molecular complexity index is 507. The minimum absolute atomic E-state index is 0.262. The van der Waals surface area contributed by atoms with Crippen molar-refractivity contribution >= 4 is 16.5 Å². The first-order chi connectivity index (χ1) is 7.65.